The zero-order valence-electron chi connectivity index (χ0n) is 10.3. The van der Waals surface area contributed by atoms with Gasteiger partial charge in [-0.15, -0.1) is 0 Å². The summed E-state index contributed by atoms with van der Waals surface area (Å²) in [6, 6.07) is 6.43. The molecule has 18 heavy (non-hydrogen) atoms. The minimum Gasteiger partial charge on any atom is -0.397 e. The lowest BCUT2D eigenvalue weighted by Crippen LogP contribution is -2.42. The molecule has 1 rings (SSSR count). The Labute approximate surface area is 106 Å². The Hall–Kier alpha value is -2.24. The molecule has 0 bridgehead atoms. The summed E-state index contributed by atoms with van der Waals surface area (Å²) in [5.41, 5.74) is 12.1. The highest BCUT2D eigenvalue weighted by atomic mass is 16.2. The molecular formula is C12H18N4O2. The normalized spacial score (nSPS) is 9.83. The molecule has 0 aromatic heterocycles. The van der Waals surface area contributed by atoms with Crippen molar-refractivity contribution in [3.8, 4) is 0 Å². The molecule has 1 aromatic rings. The number of hydrogen-bond donors (Lipinski definition) is 3. The molecule has 6 nitrogen and oxygen atoms in total. The molecule has 0 aliphatic carbocycles. The van der Waals surface area contributed by atoms with Crippen LogP contribution in [-0.2, 0) is 4.79 Å². The van der Waals surface area contributed by atoms with E-state index in [4.69, 9.17) is 11.5 Å². The van der Waals surface area contributed by atoms with Gasteiger partial charge in [0.25, 0.3) is 0 Å². The monoisotopic (exact) mass is 250 g/mol. The molecule has 0 unspecified atom stereocenters. The molecule has 98 valence electrons. The second-order valence-corrected chi connectivity index (χ2v) is 3.89. The smallest absolute Gasteiger partial charge is 0.318 e. The third-order valence-corrected chi connectivity index (χ3v) is 2.37. The summed E-state index contributed by atoms with van der Waals surface area (Å²) in [6.45, 7) is 2.71. The number of anilines is 2. The van der Waals surface area contributed by atoms with Gasteiger partial charge >= 0.3 is 6.03 Å². The van der Waals surface area contributed by atoms with Crippen molar-refractivity contribution in [1.82, 2.24) is 5.32 Å². The number of imide groups is 1. The van der Waals surface area contributed by atoms with Crippen LogP contribution < -0.4 is 21.7 Å². The Morgan fingerprint density at radius 3 is 2.56 bits per heavy atom. The quantitative estimate of drug-likeness (QED) is 0.669. The van der Waals surface area contributed by atoms with E-state index in [0.717, 1.165) is 12.1 Å². The lowest BCUT2D eigenvalue weighted by molar-refractivity contribution is -0.118. The van der Waals surface area contributed by atoms with Gasteiger partial charge in [0.05, 0.1) is 17.9 Å². The van der Waals surface area contributed by atoms with Crippen LogP contribution in [0.3, 0.4) is 0 Å². The predicted molar refractivity (Wildman–Crippen MR) is 71.1 cm³/mol. The van der Waals surface area contributed by atoms with Crippen LogP contribution in [0.25, 0.3) is 0 Å². The molecule has 0 atom stereocenters. The number of urea groups is 1. The number of rotatable bonds is 5. The van der Waals surface area contributed by atoms with Gasteiger partial charge in [0.15, 0.2) is 0 Å². The number of benzene rings is 1. The summed E-state index contributed by atoms with van der Waals surface area (Å²) in [5, 5.41) is 2.04. The molecule has 0 spiro atoms. The van der Waals surface area contributed by atoms with Gasteiger partial charge in [-0.2, -0.15) is 0 Å². The Morgan fingerprint density at radius 2 is 2.00 bits per heavy atom. The predicted octanol–water partition coefficient (Wildman–Crippen LogP) is 0.680. The highest BCUT2D eigenvalue weighted by molar-refractivity contribution is 5.96. The number of carbonyl (C=O) groups is 2. The van der Waals surface area contributed by atoms with Crippen molar-refractivity contribution in [2.24, 2.45) is 5.73 Å². The topological polar surface area (TPSA) is 101 Å². The van der Waals surface area contributed by atoms with E-state index in [1.54, 1.807) is 6.07 Å². The van der Waals surface area contributed by atoms with Gasteiger partial charge in [0.2, 0.25) is 5.91 Å². The first-order valence-corrected chi connectivity index (χ1v) is 5.73. The fraction of sp³-hybridized carbons (Fsp3) is 0.333. The van der Waals surface area contributed by atoms with E-state index in [2.05, 4.69) is 0 Å². The summed E-state index contributed by atoms with van der Waals surface area (Å²) < 4.78 is 0. The summed E-state index contributed by atoms with van der Waals surface area (Å²) in [4.78, 5) is 23.9. The van der Waals surface area contributed by atoms with Crippen LogP contribution in [0.4, 0.5) is 16.2 Å². The van der Waals surface area contributed by atoms with E-state index < -0.39 is 11.9 Å². The molecule has 0 aliphatic rings. The highest BCUT2D eigenvalue weighted by Gasteiger charge is 2.13. The van der Waals surface area contributed by atoms with Crippen LogP contribution in [0.15, 0.2) is 24.3 Å². The van der Waals surface area contributed by atoms with Crippen molar-refractivity contribution in [3.63, 3.8) is 0 Å². The number of nitrogens with one attached hydrogen (secondary N) is 1. The first kappa shape index (κ1) is 13.8. The molecule has 3 amide bonds. The zero-order valence-corrected chi connectivity index (χ0v) is 10.3. The zero-order chi connectivity index (χ0) is 13.5. The number of amides is 3. The van der Waals surface area contributed by atoms with E-state index in [1.807, 2.05) is 35.3 Å². The SMILES string of the molecule is CCCN(CC(=O)NC(N)=O)c1ccccc1N. The summed E-state index contributed by atoms with van der Waals surface area (Å²) in [7, 11) is 0. The maximum Gasteiger partial charge on any atom is 0.318 e. The van der Waals surface area contributed by atoms with E-state index in [1.165, 1.54) is 0 Å². The fourth-order valence-corrected chi connectivity index (χ4v) is 1.68. The van der Waals surface area contributed by atoms with Gasteiger partial charge in [-0.25, -0.2) is 4.79 Å². The van der Waals surface area contributed by atoms with Crippen molar-refractivity contribution >= 4 is 23.3 Å². The summed E-state index contributed by atoms with van der Waals surface area (Å²) in [6.07, 6.45) is 0.859. The van der Waals surface area contributed by atoms with Gasteiger partial charge in [-0.3, -0.25) is 10.1 Å². The average Bonchev–Trinajstić information content (AvgIpc) is 2.28. The van der Waals surface area contributed by atoms with Gasteiger partial charge in [-0.1, -0.05) is 19.1 Å². The minimum absolute atomic E-state index is 0.0466. The van der Waals surface area contributed by atoms with Crippen LogP contribution in [-0.4, -0.2) is 25.0 Å². The Balaban J connectivity index is 2.80. The number of nitrogens with two attached hydrogens (primary N) is 2. The number of carbonyl (C=O) groups excluding carboxylic acids is 2. The van der Waals surface area contributed by atoms with Crippen molar-refractivity contribution < 1.29 is 9.59 Å². The minimum atomic E-state index is -0.850. The number of nitrogens with zero attached hydrogens (tertiary/aromatic N) is 1. The van der Waals surface area contributed by atoms with Crippen molar-refractivity contribution in [3.05, 3.63) is 24.3 Å². The molecule has 5 N–H and O–H groups in total. The first-order chi connectivity index (χ1) is 8.54. The van der Waals surface area contributed by atoms with Crippen LogP contribution in [0, 0.1) is 0 Å². The van der Waals surface area contributed by atoms with Crippen LogP contribution in [0.2, 0.25) is 0 Å². The first-order valence-electron chi connectivity index (χ1n) is 5.73. The van der Waals surface area contributed by atoms with E-state index in [-0.39, 0.29) is 6.54 Å². The highest BCUT2D eigenvalue weighted by Crippen LogP contribution is 2.22. The van der Waals surface area contributed by atoms with Crippen LogP contribution in [0.5, 0.6) is 0 Å². The van der Waals surface area contributed by atoms with Gasteiger partial charge < -0.3 is 16.4 Å². The number of hydrogen-bond acceptors (Lipinski definition) is 4. The number of nitrogen functional groups attached to an aromatic ring is 1. The number of primary amides is 1. The van der Waals surface area contributed by atoms with Crippen molar-refractivity contribution in [2.75, 3.05) is 23.7 Å². The Bertz CT molecular complexity index is 434. The van der Waals surface area contributed by atoms with Crippen LogP contribution in [0.1, 0.15) is 13.3 Å². The lowest BCUT2D eigenvalue weighted by atomic mass is 10.2. The lowest BCUT2D eigenvalue weighted by Gasteiger charge is -2.24. The Morgan fingerprint density at radius 1 is 1.33 bits per heavy atom. The standard InChI is InChI=1S/C12H18N4O2/c1-2-7-16(8-11(17)15-12(14)18)10-6-4-3-5-9(10)13/h3-6H,2,7-8,13H2,1H3,(H3,14,15,17,18). The summed E-state index contributed by atoms with van der Waals surface area (Å²) in [5.74, 6) is -0.445. The molecule has 0 fully saturated rings. The van der Waals surface area contributed by atoms with Gasteiger partial charge in [0.1, 0.15) is 0 Å². The molecule has 1 aromatic carbocycles. The molecular weight excluding hydrogens is 232 g/mol. The molecule has 0 heterocycles. The summed E-state index contributed by atoms with van der Waals surface area (Å²) >= 11 is 0. The molecule has 0 saturated heterocycles. The maximum absolute atomic E-state index is 11.5. The fourth-order valence-electron chi connectivity index (χ4n) is 1.68. The second-order valence-electron chi connectivity index (χ2n) is 3.89. The van der Waals surface area contributed by atoms with E-state index in [9.17, 15) is 9.59 Å². The van der Waals surface area contributed by atoms with Crippen LogP contribution >= 0.6 is 0 Å². The van der Waals surface area contributed by atoms with Crippen molar-refractivity contribution in [2.45, 2.75) is 13.3 Å². The average molecular weight is 250 g/mol. The van der Waals surface area contributed by atoms with Gasteiger partial charge in [0, 0.05) is 6.54 Å². The van der Waals surface area contributed by atoms with E-state index in [0.29, 0.717) is 12.2 Å². The second kappa shape index (κ2) is 6.48. The third-order valence-electron chi connectivity index (χ3n) is 2.37. The molecule has 6 heteroatoms. The molecule has 0 radical (unpaired) electrons. The largest absolute Gasteiger partial charge is 0.397 e. The molecule has 0 aliphatic heterocycles. The number of para-hydroxylation sites is 2. The Kier molecular flexibility index (Phi) is 4.98. The maximum atomic E-state index is 11.5. The van der Waals surface area contributed by atoms with Crippen molar-refractivity contribution in [1.29, 1.82) is 0 Å². The third kappa shape index (κ3) is 3.97. The van der Waals surface area contributed by atoms with Gasteiger partial charge in [-0.05, 0) is 18.6 Å². The molecule has 0 saturated carbocycles. The van der Waals surface area contributed by atoms with E-state index >= 15 is 0 Å².